The average molecular weight is 479 g/mol. The van der Waals surface area contributed by atoms with Crippen molar-refractivity contribution in [2.24, 2.45) is 17.8 Å². The molecule has 6 aromatic carbocycles. The van der Waals surface area contributed by atoms with E-state index in [9.17, 15) is 0 Å². The smallest absolute Gasteiger partial charge is 0.00505 e. The minimum atomic E-state index is 0.345. The number of aryl methyl sites for hydroxylation is 2. The Morgan fingerprint density at radius 1 is 0.595 bits per heavy atom. The number of hydrogen-bond donors (Lipinski definition) is 0. The van der Waals surface area contributed by atoms with Gasteiger partial charge in [-0.15, -0.1) is 0 Å². The van der Waals surface area contributed by atoms with Gasteiger partial charge in [0.05, 0.1) is 0 Å². The van der Waals surface area contributed by atoms with Gasteiger partial charge in [0, 0.05) is 5.41 Å². The van der Waals surface area contributed by atoms with Crippen molar-refractivity contribution in [2.45, 2.75) is 64.7 Å². The maximum atomic E-state index is 2.60. The van der Waals surface area contributed by atoms with Gasteiger partial charge in [0.25, 0.3) is 0 Å². The van der Waals surface area contributed by atoms with Crippen LogP contribution in [0.1, 0.15) is 61.3 Å². The van der Waals surface area contributed by atoms with Crippen LogP contribution in [0.25, 0.3) is 53.9 Å². The van der Waals surface area contributed by atoms with Gasteiger partial charge in [0.1, 0.15) is 0 Å². The molecule has 0 bridgehead atoms. The van der Waals surface area contributed by atoms with Crippen molar-refractivity contribution in [3.63, 3.8) is 0 Å². The van der Waals surface area contributed by atoms with Gasteiger partial charge in [-0.2, -0.15) is 0 Å². The first-order valence-electron chi connectivity index (χ1n) is 14.6. The molecule has 0 radical (unpaired) electrons. The zero-order chi connectivity index (χ0) is 24.6. The highest BCUT2D eigenvalue weighted by molar-refractivity contribution is 6.40. The summed E-state index contributed by atoms with van der Waals surface area (Å²) in [6, 6.07) is 24.5. The highest BCUT2D eigenvalue weighted by Crippen LogP contribution is 2.70. The van der Waals surface area contributed by atoms with E-state index in [1.54, 1.807) is 21.9 Å². The number of benzene rings is 4. The van der Waals surface area contributed by atoms with E-state index in [1.165, 1.54) is 92.7 Å². The number of rotatable bonds is 1. The van der Waals surface area contributed by atoms with Crippen LogP contribution in [0.5, 0.6) is 0 Å². The molecule has 0 saturated heterocycles. The molecular formula is C37H34. The topological polar surface area (TPSA) is 0 Å². The van der Waals surface area contributed by atoms with Crippen molar-refractivity contribution < 1.29 is 0 Å². The molecule has 0 aromatic heterocycles. The molecule has 182 valence electrons. The Labute approximate surface area is 219 Å². The minimum absolute atomic E-state index is 0.345. The lowest BCUT2D eigenvalue weighted by Crippen LogP contribution is -2.27. The monoisotopic (exact) mass is 478 g/mol. The molecule has 3 aliphatic carbocycles. The molecule has 2 fully saturated rings. The first-order chi connectivity index (χ1) is 18.1. The van der Waals surface area contributed by atoms with E-state index in [-0.39, 0.29) is 0 Å². The van der Waals surface area contributed by atoms with Gasteiger partial charge in [0.15, 0.2) is 0 Å². The van der Waals surface area contributed by atoms with Crippen molar-refractivity contribution in [1.29, 1.82) is 0 Å². The van der Waals surface area contributed by atoms with Crippen molar-refractivity contribution in [1.82, 2.24) is 0 Å². The predicted molar refractivity (Wildman–Crippen MR) is 159 cm³/mol. The van der Waals surface area contributed by atoms with Gasteiger partial charge < -0.3 is 0 Å². The van der Waals surface area contributed by atoms with Gasteiger partial charge >= 0.3 is 0 Å². The van der Waals surface area contributed by atoms with Gasteiger partial charge in [-0.25, -0.2) is 0 Å². The largest absolute Gasteiger partial charge is 0.0613 e. The van der Waals surface area contributed by atoms with Crippen LogP contribution in [-0.2, 0) is 11.8 Å². The molecule has 37 heavy (non-hydrogen) atoms. The van der Waals surface area contributed by atoms with Gasteiger partial charge in [-0.05, 0) is 121 Å². The van der Waals surface area contributed by atoms with Crippen LogP contribution in [0, 0.1) is 31.6 Å². The molecule has 0 N–H and O–H groups in total. The van der Waals surface area contributed by atoms with E-state index in [1.807, 2.05) is 0 Å². The Balaban J connectivity index is 1.62. The van der Waals surface area contributed by atoms with Gasteiger partial charge in [-0.1, -0.05) is 92.4 Å². The highest BCUT2D eigenvalue weighted by atomic mass is 14.7. The third-order valence-corrected chi connectivity index (χ3v) is 11.2. The summed E-state index contributed by atoms with van der Waals surface area (Å²) in [7, 11) is 0. The second-order valence-electron chi connectivity index (χ2n) is 12.9. The predicted octanol–water partition coefficient (Wildman–Crippen LogP) is 10.1. The summed E-state index contributed by atoms with van der Waals surface area (Å²) in [6.07, 6.45) is 8.33. The van der Waals surface area contributed by atoms with Crippen LogP contribution in [0.15, 0.2) is 60.7 Å². The van der Waals surface area contributed by atoms with E-state index in [2.05, 4.69) is 81.4 Å². The van der Waals surface area contributed by atoms with E-state index >= 15 is 0 Å². The second-order valence-corrected chi connectivity index (χ2v) is 12.9. The fraction of sp³-hybridized carbons (Fsp3) is 0.351. The summed E-state index contributed by atoms with van der Waals surface area (Å²) in [6.45, 7) is 7.18. The quantitative estimate of drug-likeness (QED) is 0.163. The fourth-order valence-electron chi connectivity index (χ4n) is 9.81. The Bertz CT molecular complexity index is 1930. The van der Waals surface area contributed by atoms with Crippen LogP contribution < -0.4 is 0 Å². The van der Waals surface area contributed by atoms with E-state index in [0.717, 1.165) is 17.8 Å². The number of fused-ring (bicyclic) bond motifs is 2. The van der Waals surface area contributed by atoms with E-state index in [4.69, 9.17) is 0 Å². The summed E-state index contributed by atoms with van der Waals surface area (Å²) in [5.41, 5.74) is 6.40. The van der Waals surface area contributed by atoms with E-state index in [0.29, 0.717) is 5.41 Å². The van der Waals surface area contributed by atoms with Crippen LogP contribution in [0.3, 0.4) is 0 Å². The Morgan fingerprint density at radius 2 is 1.14 bits per heavy atom. The molecule has 9 rings (SSSR count). The molecule has 2 saturated carbocycles. The lowest BCUT2D eigenvalue weighted by molar-refractivity contribution is 0.267. The van der Waals surface area contributed by atoms with Crippen LogP contribution >= 0.6 is 0 Å². The normalized spacial score (nSPS) is 25.6. The minimum Gasteiger partial charge on any atom is -0.0613 e. The third-order valence-electron chi connectivity index (χ3n) is 11.2. The summed E-state index contributed by atoms with van der Waals surface area (Å²) in [5, 5.41) is 14.8. The summed E-state index contributed by atoms with van der Waals surface area (Å²) < 4.78 is 0. The molecular weight excluding hydrogens is 444 g/mol. The lowest BCUT2D eigenvalue weighted by Gasteiger charge is -2.34. The molecule has 0 amide bonds. The first-order valence-corrected chi connectivity index (χ1v) is 14.6. The molecule has 0 nitrogen and oxygen atoms in total. The zero-order valence-electron chi connectivity index (χ0n) is 22.2. The van der Waals surface area contributed by atoms with Gasteiger partial charge in [0.2, 0.25) is 0 Å². The summed E-state index contributed by atoms with van der Waals surface area (Å²) in [4.78, 5) is 0. The molecule has 3 atom stereocenters. The second kappa shape index (κ2) is 6.84. The van der Waals surface area contributed by atoms with Crippen LogP contribution in [-0.4, -0.2) is 0 Å². The maximum Gasteiger partial charge on any atom is 0.00505 e. The maximum absolute atomic E-state index is 2.60. The molecule has 0 aliphatic heterocycles. The van der Waals surface area contributed by atoms with Crippen molar-refractivity contribution in [3.05, 3.63) is 82.9 Å². The Kier molecular flexibility index (Phi) is 3.86. The molecule has 0 spiro atoms. The summed E-state index contributed by atoms with van der Waals surface area (Å²) >= 11 is 0. The van der Waals surface area contributed by atoms with E-state index < -0.39 is 0 Å². The van der Waals surface area contributed by atoms with Crippen LogP contribution in [0.4, 0.5) is 0 Å². The molecule has 6 aromatic rings. The number of hydrogen-bond acceptors (Lipinski definition) is 0. The SMILES string of the molecule is Cc1cc2c3c4c(ccc5cc(C)cc6ccc7ccc(c1)c3c7c6c54)C1(C3CCCCC3)C(C)C1C2. The molecule has 3 aliphatic rings. The molecule has 0 heteroatoms. The summed E-state index contributed by atoms with van der Waals surface area (Å²) in [5.74, 6) is 2.36. The third kappa shape index (κ3) is 2.42. The van der Waals surface area contributed by atoms with Crippen LogP contribution in [0.2, 0.25) is 0 Å². The standard InChI is InChI=1S/C37H34/c1-20-15-24-11-9-23-10-12-25-17-21(2)18-27-19-30-22(3)37(30,28-7-5-4-6-8-28)29-14-13-26(16-20)34-32(24)31(23)33(25)35(27)36(29)34/h9-18,22,28,30H,4-8,19H2,1-3H3. The lowest BCUT2D eigenvalue weighted by atomic mass is 9.70. The average Bonchev–Trinajstić information content (AvgIpc) is 3.58. The van der Waals surface area contributed by atoms with Crippen molar-refractivity contribution in [3.8, 4) is 0 Å². The molecule has 0 heterocycles. The Morgan fingerprint density at radius 3 is 1.84 bits per heavy atom. The molecule has 3 unspecified atom stereocenters. The van der Waals surface area contributed by atoms with Crippen molar-refractivity contribution in [2.75, 3.05) is 0 Å². The fourth-order valence-corrected chi connectivity index (χ4v) is 9.81. The Hall–Kier alpha value is -3.12. The zero-order valence-corrected chi connectivity index (χ0v) is 22.2. The highest BCUT2D eigenvalue weighted by Gasteiger charge is 2.66. The first kappa shape index (κ1) is 20.9. The van der Waals surface area contributed by atoms with Gasteiger partial charge in [-0.3, -0.25) is 0 Å². The van der Waals surface area contributed by atoms with Crippen molar-refractivity contribution >= 4 is 53.9 Å².